The Morgan fingerprint density at radius 1 is 0.929 bits per heavy atom. The lowest BCUT2D eigenvalue weighted by atomic mass is 10.1. The summed E-state index contributed by atoms with van der Waals surface area (Å²) < 4.78 is 41.9. The normalized spacial score (nSPS) is 14.4. The van der Waals surface area contributed by atoms with Crippen molar-refractivity contribution in [3.63, 3.8) is 0 Å². The fourth-order valence-electron chi connectivity index (χ4n) is 4.24. The first-order valence-electron chi connectivity index (χ1n) is 12.4. The van der Waals surface area contributed by atoms with Crippen LogP contribution >= 0.6 is 11.8 Å². The first-order valence-corrected chi connectivity index (χ1v) is 14.6. The van der Waals surface area contributed by atoms with E-state index in [0.29, 0.717) is 11.3 Å². The average molecular weight is 607 g/mol. The molecule has 1 fully saturated rings. The zero-order valence-electron chi connectivity index (χ0n) is 22.0. The zero-order chi connectivity index (χ0) is 29.9. The highest BCUT2D eigenvalue weighted by atomic mass is 32.2. The largest absolute Gasteiger partial charge is 0.493 e. The predicted octanol–water partition coefficient (Wildman–Crippen LogP) is 5.64. The van der Waals surface area contributed by atoms with Gasteiger partial charge in [0.05, 0.1) is 23.5 Å². The van der Waals surface area contributed by atoms with Crippen molar-refractivity contribution in [2.24, 2.45) is 0 Å². The van der Waals surface area contributed by atoms with Crippen molar-refractivity contribution in [1.29, 1.82) is 0 Å². The van der Waals surface area contributed by atoms with Crippen LogP contribution in [0.3, 0.4) is 0 Å². The second-order valence-electron chi connectivity index (χ2n) is 8.83. The maximum Gasteiger partial charge on any atom is 0.346 e. The molecule has 0 aliphatic carbocycles. The van der Waals surface area contributed by atoms with Crippen molar-refractivity contribution in [3.05, 3.63) is 106 Å². The molecule has 4 aromatic carbocycles. The van der Waals surface area contributed by atoms with Gasteiger partial charge in [0.25, 0.3) is 16.8 Å². The molecule has 1 aliphatic heterocycles. The lowest BCUT2D eigenvalue weighted by Gasteiger charge is -2.14. The molecule has 13 heteroatoms. The van der Waals surface area contributed by atoms with E-state index < -0.39 is 36.8 Å². The minimum absolute atomic E-state index is 0.00590. The molecule has 0 atom stereocenters. The summed E-state index contributed by atoms with van der Waals surface area (Å²) >= 11 is 0.766. The number of amides is 2. The Labute approximate surface area is 244 Å². The Balaban J connectivity index is 1.29. The summed E-state index contributed by atoms with van der Waals surface area (Å²) in [4.78, 5) is 36.7. The van der Waals surface area contributed by atoms with Crippen molar-refractivity contribution in [2.45, 2.75) is 4.90 Å². The van der Waals surface area contributed by atoms with Crippen molar-refractivity contribution >= 4 is 55.6 Å². The van der Waals surface area contributed by atoms with Crippen LogP contribution in [-0.2, 0) is 14.9 Å². The van der Waals surface area contributed by atoms with Crippen LogP contribution < -0.4 is 13.7 Å². The fraction of sp³-hybridized carbons (Fsp3) is 0.103. The molecule has 4 aromatic rings. The van der Waals surface area contributed by atoms with Gasteiger partial charge in [-0.3, -0.25) is 24.6 Å². The maximum absolute atomic E-state index is 13.0. The van der Waals surface area contributed by atoms with Crippen LogP contribution in [0.5, 0.6) is 17.2 Å². The van der Waals surface area contributed by atoms with E-state index in [1.165, 1.54) is 43.5 Å². The second-order valence-corrected chi connectivity index (χ2v) is 11.3. The summed E-state index contributed by atoms with van der Waals surface area (Å²) in [5, 5.41) is 12.8. The van der Waals surface area contributed by atoms with E-state index in [9.17, 15) is 28.1 Å². The van der Waals surface area contributed by atoms with Gasteiger partial charge in [-0.2, -0.15) is 8.42 Å². The molecule has 214 valence electrons. The topological polar surface area (TPSA) is 142 Å². The van der Waals surface area contributed by atoms with Crippen molar-refractivity contribution < 1.29 is 36.6 Å². The number of imide groups is 1. The standard InChI is InChI=1S/C29H22N2O9S2/c1-38-25-17-19(13-14-24(25)40-42(36,37)27-12-5-4-10-22(27)31(34)35)18-26-28(32)30(29(33)41-26)15-16-39-23-11-6-8-20-7-2-3-9-21(20)23/h2-14,17-18H,15-16H2,1H3/b26-18-. The number of hydrogen-bond donors (Lipinski definition) is 0. The molecule has 0 bridgehead atoms. The number of carbonyl (C=O) groups is 2. The number of methoxy groups -OCH3 is 1. The molecule has 1 aliphatic rings. The average Bonchev–Trinajstić information content (AvgIpc) is 3.25. The van der Waals surface area contributed by atoms with Gasteiger partial charge in [0.2, 0.25) is 0 Å². The lowest BCUT2D eigenvalue weighted by Crippen LogP contribution is -2.32. The predicted molar refractivity (Wildman–Crippen MR) is 156 cm³/mol. The second kappa shape index (κ2) is 11.9. The summed E-state index contributed by atoms with van der Waals surface area (Å²) in [7, 11) is -3.29. The third kappa shape index (κ3) is 5.92. The monoisotopic (exact) mass is 606 g/mol. The van der Waals surface area contributed by atoms with E-state index in [-0.39, 0.29) is 29.6 Å². The number of nitro benzene ring substituents is 1. The van der Waals surface area contributed by atoms with E-state index in [1.54, 1.807) is 0 Å². The van der Waals surface area contributed by atoms with Crippen LogP contribution in [0, 0.1) is 10.1 Å². The molecular weight excluding hydrogens is 584 g/mol. The first kappa shape index (κ1) is 28.6. The lowest BCUT2D eigenvalue weighted by molar-refractivity contribution is -0.387. The van der Waals surface area contributed by atoms with Crippen LogP contribution in [0.4, 0.5) is 10.5 Å². The number of fused-ring (bicyclic) bond motifs is 1. The Morgan fingerprint density at radius 3 is 2.45 bits per heavy atom. The Bertz CT molecular complexity index is 1850. The van der Waals surface area contributed by atoms with Crippen LogP contribution in [-0.4, -0.2) is 49.6 Å². The number of hydrogen-bond acceptors (Lipinski definition) is 10. The van der Waals surface area contributed by atoms with Crippen LogP contribution in [0.25, 0.3) is 16.8 Å². The molecule has 42 heavy (non-hydrogen) atoms. The molecule has 1 saturated heterocycles. The van der Waals surface area contributed by atoms with E-state index in [1.807, 2.05) is 42.5 Å². The van der Waals surface area contributed by atoms with E-state index in [2.05, 4.69) is 0 Å². The van der Waals surface area contributed by atoms with Gasteiger partial charge in [-0.25, -0.2) is 0 Å². The third-order valence-corrected chi connectivity index (χ3v) is 8.40. The van der Waals surface area contributed by atoms with E-state index in [4.69, 9.17) is 13.7 Å². The molecule has 0 saturated carbocycles. The SMILES string of the molecule is COc1cc(/C=C2\SC(=O)N(CCOc3cccc4ccccc34)C2=O)ccc1OS(=O)(=O)c1ccccc1[N+](=O)[O-]. The first-order chi connectivity index (χ1) is 20.2. The highest BCUT2D eigenvalue weighted by molar-refractivity contribution is 8.18. The highest BCUT2D eigenvalue weighted by Gasteiger charge is 2.35. The molecule has 1 heterocycles. The van der Waals surface area contributed by atoms with Crippen LogP contribution in [0.2, 0.25) is 0 Å². The molecule has 0 unspecified atom stereocenters. The van der Waals surface area contributed by atoms with Gasteiger partial charge in [0, 0.05) is 11.5 Å². The number of benzene rings is 4. The van der Waals surface area contributed by atoms with Crippen molar-refractivity contribution in [3.8, 4) is 17.2 Å². The number of nitrogens with zero attached hydrogens (tertiary/aromatic N) is 2. The van der Waals surface area contributed by atoms with Crippen molar-refractivity contribution in [1.82, 2.24) is 4.90 Å². The Kier molecular flexibility index (Phi) is 8.13. The van der Waals surface area contributed by atoms with Gasteiger partial charge >= 0.3 is 10.1 Å². The molecule has 0 spiro atoms. The molecule has 5 rings (SSSR count). The smallest absolute Gasteiger partial charge is 0.346 e. The fourth-order valence-corrected chi connectivity index (χ4v) is 6.21. The van der Waals surface area contributed by atoms with Crippen molar-refractivity contribution in [2.75, 3.05) is 20.3 Å². The Morgan fingerprint density at radius 2 is 1.67 bits per heavy atom. The molecule has 2 amide bonds. The summed E-state index contributed by atoms with van der Waals surface area (Å²) in [5.41, 5.74) is -0.203. The summed E-state index contributed by atoms with van der Waals surface area (Å²) in [6, 6.07) is 22.3. The highest BCUT2D eigenvalue weighted by Crippen LogP contribution is 2.36. The van der Waals surface area contributed by atoms with E-state index in [0.717, 1.165) is 39.6 Å². The summed E-state index contributed by atoms with van der Waals surface area (Å²) in [6.07, 6.45) is 1.47. The van der Waals surface area contributed by atoms with Gasteiger partial charge in [-0.1, -0.05) is 54.6 Å². The van der Waals surface area contributed by atoms with Gasteiger partial charge in [-0.15, -0.1) is 0 Å². The van der Waals surface area contributed by atoms with Gasteiger partial charge < -0.3 is 13.7 Å². The van der Waals surface area contributed by atoms with E-state index >= 15 is 0 Å². The minimum Gasteiger partial charge on any atom is -0.493 e. The molecule has 0 aromatic heterocycles. The number of ether oxygens (including phenoxy) is 2. The zero-order valence-corrected chi connectivity index (χ0v) is 23.6. The number of para-hydroxylation sites is 1. The van der Waals surface area contributed by atoms with Gasteiger partial charge in [0.15, 0.2) is 16.4 Å². The van der Waals surface area contributed by atoms with Crippen LogP contribution in [0.15, 0.2) is 94.7 Å². The van der Waals surface area contributed by atoms with Gasteiger partial charge in [-0.05, 0) is 53.1 Å². The number of thioether (sulfide) groups is 1. The van der Waals surface area contributed by atoms with Crippen LogP contribution in [0.1, 0.15) is 5.56 Å². The summed E-state index contributed by atoms with van der Waals surface area (Å²) in [6.45, 7) is 0.151. The molecule has 0 N–H and O–H groups in total. The minimum atomic E-state index is -4.58. The number of carbonyl (C=O) groups excluding carboxylic acids is 2. The molecule has 0 radical (unpaired) electrons. The Hall–Kier alpha value is -4.88. The maximum atomic E-state index is 13.0. The third-order valence-electron chi connectivity index (χ3n) is 6.21. The summed E-state index contributed by atoms with van der Waals surface area (Å²) in [5.74, 6) is -0.0706. The molecule has 11 nitrogen and oxygen atoms in total. The number of nitro groups is 1. The van der Waals surface area contributed by atoms with Gasteiger partial charge in [0.1, 0.15) is 12.4 Å². The molecular formula is C29H22N2O9S2. The number of rotatable bonds is 10. The quantitative estimate of drug-likeness (QED) is 0.0963.